The molecule has 0 bridgehead atoms. The molecule has 0 spiro atoms. The first-order valence-electron chi connectivity index (χ1n) is 6.20. The fourth-order valence-electron chi connectivity index (χ4n) is 1.65. The summed E-state index contributed by atoms with van der Waals surface area (Å²) in [6, 6.07) is 11.6. The molecule has 0 aliphatic carbocycles. The highest BCUT2D eigenvalue weighted by Gasteiger charge is 1.97. The topological polar surface area (TPSA) is 48.1 Å². The van der Waals surface area contributed by atoms with Gasteiger partial charge in [0.2, 0.25) is 0 Å². The van der Waals surface area contributed by atoms with Crippen LogP contribution in [0.5, 0.6) is 5.75 Å². The molecular formula is C15H19ClN2O. The van der Waals surface area contributed by atoms with Crippen molar-refractivity contribution in [3.8, 4) is 5.75 Å². The number of aryl methyl sites for hydroxylation is 1. The van der Waals surface area contributed by atoms with Gasteiger partial charge in [-0.15, -0.1) is 12.4 Å². The zero-order chi connectivity index (χ0) is 12.8. The molecule has 0 radical (unpaired) electrons. The normalized spacial score (nSPS) is 9.74. The van der Waals surface area contributed by atoms with Crippen LogP contribution in [0.3, 0.4) is 0 Å². The summed E-state index contributed by atoms with van der Waals surface area (Å²) in [5, 5.41) is 0. The lowest BCUT2D eigenvalue weighted by Crippen LogP contribution is -2.03. The number of anilines is 1. The van der Waals surface area contributed by atoms with Crippen LogP contribution < -0.4 is 10.5 Å². The predicted molar refractivity (Wildman–Crippen MR) is 80.9 cm³/mol. The van der Waals surface area contributed by atoms with Gasteiger partial charge in [-0.05, 0) is 42.3 Å². The van der Waals surface area contributed by atoms with Crippen molar-refractivity contribution in [1.82, 2.24) is 4.98 Å². The average Bonchev–Trinajstić information content (AvgIpc) is 2.42. The molecule has 19 heavy (non-hydrogen) atoms. The Morgan fingerprint density at radius 3 is 2.42 bits per heavy atom. The molecular weight excluding hydrogens is 260 g/mol. The smallest absolute Gasteiger partial charge is 0.119 e. The van der Waals surface area contributed by atoms with E-state index in [0.29, 0.717) is 6.61 Å². The predicted octanol–water partition coefficient (Wildman–Crippen LogP) is 3.27. The molecule has 0 aliphatic rings. The maximum atomic E-state index is 5.63. The summed E-state index contributed by atoms with van der Waals surface area (Å²) in [4.78, 5) is 4.39. The number of ether oxygens (including phenoxy) is 1. The largest absolute Gasteiger partial charge is 0.493 e. The number of aromatic nitrogens is 1. The fourth-order valence-corrected chi connectivity index (χ4v) is 1.65. The van der Waals surface area contributed by atoms with E-state index in [1.165, 1.54) is 5.56 Å². The third-order valence-electron chi connectivity index (χ3n) is 2.80. The number of rotatable bonds is 5. The summed E-state index contributed by atoms with van der Waals surface area (Å²) >= 11 is 0. The van der Waals surface area contributed by atoms with Crippen molar-refractivity contribution in [2.24, 2.45) is 0 Å². The van der Waals surface area contributed by atoms with E-state index < -0.39 is 0 Å². The Balaban J connectivity index is 0.00000180. The van der Waals surface area contributed by atoms with Gasteiger partial charge in [0.05, 0.1) is 6.61 Å². The monoisotopic (exact) mass is 278 g/mol. The van der Waals surface area contributed by atoms with Gasteiger partial charge in [0, 0.05) is 24.0 Å². The number of nitrogens with two attached hydrogens (primary N) is 1. The second kappa shape index (κ2) is 7.64. The molecule has 0 saturated heterocycles. The third-order valence-corrected chi connectivity index (χ3v) is 2.80. The van der Waals surface area contributed by atoms with Crippen LogP contribution in [0.4, 0.5) is 5.69 Å². The molecule has 1 aromatic carbocycles. The minimum atomic E-state index is 0. The Labute approximate surface area is 120 Å². The first-order valence-corrected chi connectivity index (χ1v) is 6.20. The molecule has 2 N–H and O–H groups in total. The van der Waals surface area contributed by atoms with Crippen molar-refractivity contribution >= 4 is 18.1 Å². The van der Waals surface area contributed by atoms with Crippen LogP contribution in [0.25, 0.3) is 0 Å². The van der Waals surface area contributed by atoms with E-state index in [0.717, 1.165) is 30.0 Å². The first kappa shape index (κ1) is 15.3. The first-order chi connectivity index (χ1) is 8.78. The number of nitrogens with zero attached hydrogens (tertiary/aromatic N) is 1. The van der Waals surface area contributed by atoms with Crippen molar-refractivity contribution in [2.45, 2.75) is 19.8 Å². The highest BCUT2D eigenvalue weighted by molar-refractivity contribution is 5.85. The highest BCUT2D eigenvalue weighted by Crippen LogP contribution is 2.13. The van der Waals surface area contributed by atoms with Crippen LogP contribution in [0.1, 0.15) is 18.2 Å². The van der Waals surface area contributed by atoms with E-state index in [9.17, 15) is 0 Å². The zero-order valence-corrected chi connectivity index (χ0v) is 11.8. The van der Waals surface area contributed by atoms with Crippen LogP contribution in [-0.4, -0.2) is 11.6 Å². The number of pyridine rings is 1. The molecule has 102 valence electrons. The lowest BCUT2D eigenvalue weighted by molar-refractivity contribution is 0.320. The van der Waals surface area contributed by atoms with E-state index >= 15 is 0 Å². The quantitative estimate of drug-likeness (QED) is 0.854. The van der Waals surface area contributed by atoms with Crippen molar-refractivity contribution in [3.05, 3.63) is 53.9 Å². The van der Waals surface area contributed by atoms with Crippen LogP contribution in [0, 0.1) is 0 Å². The van der Waals surface area contributed by atoms with Crippen molar-refractivity contribution in [1.29, 1.82) is 0 Å². The van der Waals surface area contributed by atoms with Gasteiger partial charge in [-0.25, -0.2) is 0 Å². The third kappa shape index (κ3) is 4.79. The standard InChI is InChI=1S/C15H18N2O.ClH/c1-2-12-3-6-14(17-11-12)9-10-18-15-7-4-13(16)5-8-15;/h3-8,11H,2,9-10,16H2,1H3;1H. The SMILES string of the molecule is CCc1ccc(CCOc2ccc(N)cc2)nc1.Cl. The lowest BCUT2D eigenvalue weighted by atomic mass is 10.2. The van der Waals surface area contributed by atoms with Gasteiger partial charge in [-0.2, -0.15) is 0 Å². The van der Waals surface area contributed by atoms with Gasteiger partial charge in [0.15, 0.2) is 0 Å². The second-order valence-electron chi connectivity index (χ2n) is 4.18. The Hall–Kier alpha value is -1.74. The average molecular weight is 279 g/mol. The summed E-state index contributed by atoms with van der Waals surface area (Å²) in [6.45, 7) is 2.75. The van der Waals surface area contributed by atoms with Gasteiger partial charge < -0.3 is 10.5 Å². The van der Waals surface area contributed by atoms with Gasteiger partial charge in [-0.3, -0.25) is 4.98 Å². The Kier molecular flexibility index (Phi) is 6.16. The van der Waals surface area contributed by atoms with Crippen molar-refractivity contribution in [3.63, 3.8) is 0 Å². The van der Waals surface area contributed by atoms with Crippen LogP contribution >= 0.6 is 12.4 Å². The summed E-state index contributed by atoms with van der Waals surface area (Å²) in [6.07, 6.45) is 3.77. The molecule has 1 aromatic heterocycles. The van der Waals surface area contributed by atoms with E-state index in [2.05, 4.69) is 24.0 Å². The highest BCUT2D eigenvalue weighted by atomic mass is 35.5. The Bertz CT molecular complexity index is 483. The van der Waals surface area contributed by atoms with E-state index in [-0.39, 0.29) is 12.4 Å². The molecule has 3 nitrogen and oxygen atoms in total. The molecule has 2 aromatic rings. The fraction of sp³-hybridized carbons (Fsp3) is 0.267. The minimum absolute atomic E-state index is 0. The number of hydrogen-bond donors (Lipinski definition) is 1. The van der Waals surface area contributed by atoms with Gasteiger partial charge in [0.1, 0.15) is 5.75 Å². The minimum Gasteiger partial charge on any atom is -0.493 e. The maximum absolute atomic E-state index is 5.63. The molecule has 0 fully saturated rings. The second-order valence-corrected chi connectivity index (χ2v) is 4.18. The molecule has 4 heteroatoms. The molecule has 0 saturated carbocycles. The molecule has 0 unspecified atom stereocenters. The van der Waals surface area contributed by atoms with Gasteiger partial charge >= 0.3 is 0 Å². The number of hydrogen-bond acceptors (Lipinski definition) is 3. The molecule has 2 rings (SSSR count). The maximum Gasteiger partial charge on any atom is 0.119 e. The zero-order valence-electron chi connectivity index (χ0n) is 11.0. The van der Waals surface area contributed by atoms with Gasteiger partial charge in [-0.1, -0.05) is 13.0 Å². The van der Waals surface area contributed by atoms with E-state index in [4.69, 9.17) is 10.5 Å². The summed E-state index contributed by atoms with van der Waals surface area (Å²) in [5.74, 6) is 0.842. The van der Waals surface area contributed by atoms with Crippen LogP contribution in [0.15, 0.2) is 42.6 Å². The molecule has 0 aliphatic heterocycles. The Morgan fingerprint density at radius 2 is 1.84 bits per heavy atom. The summed E-state index contributed by atoms with van der Waals surface area (Å²) in [5.41, 5.74) is 8.68. The molecule has 0 amide bonds. The van der Waals surface area contributed by atoms with Crippen molar-refractivity contribution in [2.75, 3.05) is 12.3 Å². The van der Waals surface area contributed by atoms with Gasteiger partial charge in [0.25, 0.3) is 0 Å². The van der Waals surface area contributed by atoms with Crippen LogP contribution in [-0.2, 0) is 12.8 Å². The summed E-state index contributed by atoms with van der Waals surface area (Å²) in [7, 11) is 0. The van der Waals surface area contributed by atoms with Crippen LogP contribution in [0.2, 0.25) is 0 Å². The molecule has 0 atom stereocenters. The van der Waals surface area contributed by atoms with E-state index in [1.807, 2.05) is 30.5 Å². The lowest BCUT2D eigenvalue weighted by Gasteiger charge is -2.06. The summed E-state index contributed by atoms with van der Waals surface area (Å²) < 4.78 is 5.63. The number of nitrogen functional groups attached to an aromatic ring is 1. The Morgan fingerprint density at radius 1 is 1.11 bits per heavy atom. The van der Waals surface area contributed by atoms with E-state index in [1.54, 1.807) is 0 Å². The number of halogens is 1. The molecule has 1 heterocycles. The number of benzene rings is 1. The van der Waals surface area contributed by atoms with Crippen molar-refractivity contribution < 1.29 is 4.74 Å².